The van der Waals surface area contributed by atoms with Crippen molar-refractivity contribution in [3.8, 4) is 11.1 Å². The van der Waals surface area contributed by atoms with Crippen LogP contribution in [0.4, 0.5) is 5.69 Å². The molecule has 3 aromatic carbocycles. The van der Waals surface area contributed by atoms with Crippen LogP contribution < -0.4 is 4.90 Å². The molecule has 8 heteroatoms. The fourth-order valence-electron chi connectivity index (χ4n) is 7.51. The van der Waals surface area contributed by atoms with E-state index in [4.69, 9.17) is 11.6 Å². The Morgan fingerprint density at radius 2 is 1.65 bits per heavy atom. The highest BCUT2D eigenvalue weighted by molar-refractivity contribution is 6.29. The van der Waals surface area contributed by atoms with E-state index in [0.29, 0.717) is 22.7 Å². The number of nitrogens with one attached hydrogen (secondary N) is 1. The lowest BCUT2D eigenvalue weighted by molar-refractivity contribution is 0.0724. The topological polar surface area (TPSA) is 66.1 Å². The molecule has 0 spiro atoms. The summed E-state index contributed by atoms with van der Waals surface area (Å²) in [5.74, 6) is -0.112. The number of piperidine rings is 1. The Labute approximate surface area is 288 Å². The predicted octanol–water partition coefficient (Wildman–Crippen LogP) is 7.89. The second-order valence-corrected chi connectivity index (χ2v) is 14.1. The van der Waals surface area contributed by atoms with E-state index >= 15 is 0 Å². The van der Waals surface area contributed by atoms with Crippen molar-refractivity contribution < 1.29 is 9.90 Å². The molecule has 4 heterocycles. The number of para-hydroxylation sites is 1. The van der Waals surface area contributed by atoms with E-state index < -0.39 is 6.04 Å². The van der Waals surface area contributed by atoms with Gasteiger partial charge in [0, 0.05) is 71.8 Å². The van der Waals surface area contributed by atoms with Gasteiger partial charge in [0.2, 0.25) is 0 Å². The third kappa shape index (κ3) is 6.55. The van der Waals surface area contributed by atoms with Gasteiger partial charge in [0.05, 0.1) is 0 Å². The standard InChI is InChI=1S/C40H44ClN5O2/c1-27(41)8-15-38(47)28(2)39(37-25-31-6-4-5-7-36(31)42-37)46-26-32-10-9-30(24-35(32)40(46)48)29-11-13-33(14-12-29)44-20-22-45(23-21-44)34-16-18-43(3)19-17-34/h4-15,24-25,34,39,42,47H,2,16-23,26H2,1,3H3/b27-8+,38-15+/t39-/m1/s1. The Hall–Kier alpha value is -4.30. The van der Waals surface area contributed by atoms with E-state index in [0.717, 1.165) is 65.5 Å². The van der Waals surface area contributed by atoms with Crippen molar-refractivity contribution in [3.63, 3.8) is 0 Å². The van der Waals surface area contributed by atoms with Gasteiger partial charge in [-0.1, -0.05) is 60.6 Å². The molecule has 48 heavy (non-hydrogen) atoms. The van der Waals surface area contributed by atoms with E-state index in [2.05, 4.69) is 69.7 Å². The van der Waals surface area contributed by atoms with Gasteiger partial charge < -0.3 is 24.8 Å². The monoisotopic (exact) mass is 661 g/mol. The molecule has 7 nitrogen and oxygen atoms in total. The van der Waals surface area contributed by atoms with Crippen LogP contribution in [0, 0.1) is 0 Å². The zero-order chi connectivity index (χ0) is 33.4. The minimum Gasteiger partial charge on any atom is -0.508 e. The summed E-state index contributed by atoms with van der Waals surface area (Å²) in [6.45, 7) is 13.1. The van der Waals surface area contributed by atoms with Gasteiger partial charge >= 0.3 is 0 Å². The van der Waals surface area contributed by atoms with Crippen LogP contribution in [0.25, 0.3) is 22.0 Å². The number of benzene rings is 3. The lowest BCUT2D eigenvalue weighted by Gasteiger charge is -2.42. The van der Waals surface area contributed by atoms with Crippen LogP contribution in [0.15, 0.2) is 108 Å². The number of halogens is 1. The number of nitrogens with zero attached hydrogens (tertiary/aromatic N) is 4. The van der Waals surface area contributed by atoms with Crippen LogP contribution in [-0.4, -0.2) is 83.1 Å². The highest BCUT2D eigenvalue weighted by atomic mass is 35.5. The zero-order valence-corrected chi connectivity index (χ0v) is 28.6. The number of carbonyl (C=O) groups is 1. The number of aromatic amines is 1. The fraction of sp³-hybridized carbons (Fsp3) is 0.325. The summed E-state index contributed by atoms with van der Waals surface area (Å²) < 4.78 is 0. The number of aromatic nitrogens is 1. The molecule has 248 valence electrons. The number of anilines is 1. The van der Waals surface area contributed by atoms with Gasteiger partial charge in [-0.15, -0.1) is 0 Å². The average Bonchev–Trinajstić information content (AvgIpc) is 3.68. The highest BCUT2D eigenvalue weighted by Gasteiger charge is 2.37. The Bertz CT molecular complexity index is 1840. The van der Waals surface area contributed by atoms with Crippen molar-refractivity contribution in [1.29, 1.82) is 0 Å². The van der Waals surface area contributed by atoms with E-state index in [1.54, 1.807) is 17.9 Å². The predicted molar refractivity (Wildman–Crippen MR) is 197 cm³/mol. The fourth-order valence-corrected chi connectivity index (χ4v) is 7.57. The molecule has 0 saturated carbocycles. The Balaban J connectivity index is 1.09. The third-order valence-electron chi connectivity index (χ3n) is 10.3. The first-order valence-corrected chi connectivity index (χ1v) is 17.3. The number of rotatable bonds is 8. The average molecular weight is 662 g/mol. The van der Waals surface area contributed by atoms with E-state index in [1.165, 1.54) is 37.7 Å². The first-order valence-electron chi connectivity index (χ1n) is 17.0. The molecular weight excluding hydrogens is 618 g/mol. The summed E-state index contributed by atoms with van der Waals surface area (Å²) >= 11 is 6.04. The molecule has 7 rings (SSSR count). The minimum absolute atomic E-state index is 0.0218. The second-order valence-electron chi connectivity index (χ2n) is 13.5. The quantitative estimate of drug-likeness (QED) is 0.149. The largest absolute Gasteiger partial charge is 0.508 e. The van der Waals surface area contributed by atoms with Crippen LogP contribution in [0.1, 0.15) is 47.4 Å². The smallest absolute Gasteiger partial charge is 0.255 e. The first kappa shape index (κ1) is 32.3. The maximum Gasteiger partial charge on any atom is 0.255 e. The third-order valence-corrected chi connectivity index (χ3v) is 10.4. The van der Waals surface area contributed by atoms with E-state index in [9.17, 15) is 9.90 Å². The normalized spacial score (nSPS) is 19.3. The van der Waals surface area contributed by atoms with Gasteiger partial charge in [-0.3, -0.25) is 9.69 Å². The molecule has 0 bridgehead atoms. The van der Waals surface area contributed by atoms with Gasteiger partial charge in [0.15, 0.2) is 0 Å². The molecule has 4 aromatic rings. The van der Waals surface area contributed by atoms with Crippen LogP contribution in [0.5, 0.6) is 0 Å². The van der Waals surface area contributed by atoms with Gasteiger partial charge in [0.1, 0.15) is 11.8 Å². The lowest BCUT2D eigenvalue weighted by atomic mass is 9.99. The number of hydrogen-bond donors (Lipinski definition) is 2. The number of carbonyl (C=O) groups excluding carboxylic acids is 1. The number of fused-ring (bicyclic) bond motifs is 2. The number of aliphatic hydroxyl groups excluding tert-OH is 1. The molecule has 2 fully saturated rings. The van der Waals surface area contributed by atoms with Crippen molar-refractivity contribution >= 4 is 34.1 Å². The van der Waals surface area contributed by atoms with E-state index in [-0.39, 0.29) is 11.7 Å². The molecule has 1 aromatic heterocycles. The molecular formula is C40H44ClN5O2. The molecule has 0 unspecified atom stereocenters. The maximum absolute atomic E-state index is 14.1. The molecule has 0 radical (unpaired) electrons. The van der Waals surface area contributed by atoms with Crippen molar-refractivity contribution in [2.45, 2.75) is 38.4 Å². The summed E-state index contributed by atoms with van der Waals surface area (Å²) in [6, 6.07) is 25.1. The van der Waals surface area contributed by atoms with Crippen molar-refractivity contribution in [2.75, 3.05) is 51.2 Å². The highest BCUT2D eigenvalue weighted by Crippen LogP contribution is 2.39. The SMILES string of the molecule is C=C(/C(O)=C\C=C(/C)Cl)[C@H](c1cc2ccccc2[nH]1)N1Cc2ccc(-c3ccc(N4CCN(C5CCN(C)CC5)CC4)cc3)cc2C1=O. The molecule has 2 N–H and O–H groups in total. The summed E-state index contributed by atoms with van der Waals surface area (Å²) in [5.41, 5.74) is 7.13. The molecule has 2 saturated heterocycles. The van der Waals surface area contributed by atoms with Crippen LogP contribution >= 0.6 is 11.6 Å². The van der Waals surface area contributed by atoms with Crippen LogP contribution in [-0.2, 0) is 6.54 Å². The lowest BCUT2D eigenvalue weighted by Crippen LogP contribution is -2.52. The van der Waals surface area contributed by atoms with Crippen molar-refractivity contribution in [2.24, 2.45) is 0 Å². The van der Waals surface area contributed by atoms with Gasteiger partial charge in [-0.05, 0) is 104 Å². The summed E-state index contributed by atoms with van der Waals surface area (Å²) in [7, 11) is 2.22. The zero-order valence-electron chi connectivity index (χ0n) is 27.8. The number of aliphatic hydroxyl groups is 1. The summed E-state index contributed by atoms with van der Waals surface area (Å²) in [5, 5.41) is 12.6. The Morgan fingerprint density at radius 1 is 0.938 bits per heavy atom. The molecule has 3 aliphatic rings. The van der Waals surface area contributed by atoms with Crippen molar-refractivity contribution in [3.05, 3.63) is 125 Å². The number of piperazine rings is 1. The maximum atomic E-state index is 14.1. The first-order chi connectivity index (χ1) is 23.2. The number of H-pyrrole nitrogens is 1. The number of hydrogen-bond acceptors (Lipinski definition) is 5. The molecule has 3 aliphatic heterocycles. The van der Waals surface area contributed by atoms with Crippen LogP contribution in [0.2, 0.25) is 0 Å². The van der Waals surface area contributed by atoms with Gasteiger partial charge in [-0.25, -0.2) is 0 Å². The Kier molecular flexibility index (Phi) is 9.19. The van der Waals surface area contributed by atoms with Crippen molar-refractivity contribution in [1.82, 2.24) is 19.7 Å². The van der Waals surface area contributed by atoms with Gasteiger partial charge in [-0.2, -0.15) is 0 Å². The Morgan fingerprint density at radius 3 is 2.35 bits per heavy atom. The summed E-state index contributed by atoms with van der Waals surface area (Å²) in [6.07, 6.45) is 5.70. The minimum atomic E-state index is -0.597. The summed E-state index contributed by atoms with van der Waals surface area (Å²) in [4.78, 5) is 27.0. The second kappa shape index (κ2) is 13.7. The number of likely N-dealkylation sites (tertiary alicyclic amines) is 1. The molecule has 0 aliphatic carbocycles. The van der Waals surface area contributed by atoms with E-state index in [1.807, 2.05) is 36.4 Å². The molecule has 1 atom stereocenters. The number of amides is 1. The molecule has 1 amide bonds. The van der Waals surface area contributed by atoms with Gasteiger partial charge in [0.25, 0.3) is 5.91 Å². The van der Waals surface area contributed by atoms with Crippen LogP contribution in [0.3, 0.4) is 0 Å². The number of allylic oxidation sites excluding steroid dienone is 3.